The lowest BCUT2D eigenvalue weighted by Crippen LogP contribution is -2.59. The molecular formula is C16H32N2. The number of piperazine rings is 1. The first kappa shape index (κ1) is 14.3. The lowest BCUT2D eigenvalue weighted by atomic mass is 9.92. The van der Waals surface area contributed by atoms with Gasteiger partial charge in [0.2, 0.25) is 0 Å². The summed E-state index contributed by atoms with van der Waals surface area (Å²) in [6, 6.07) is 1.50. The molecule has 1 heterocycles. The van der Waals surface area contributed by atoms with Gasteiger partial charge >= 0.3 is 0 Å². The van der Waals surface area contributed by atoms with Gasteiger partial charge in [0.1, 0.15) is 0 Å². The fourth-order valence-electron chi connectivity index (χ4n) is 3.30. The lowest BCUT2D eigenvalue weighted by Gasteiger charge is -2.43. The van der Waals surface area contributed by atoms with Crippen LogP contribution in [0.5, 0.6) is 0 Å². The van der Waals surface area contributed by atoms with Gasteiger partial charge in [-0.15, -0.1) is 0 Å². The Bertz CT molecular complexity index is 247. The molecule has 3 unspecified atom stereocenters. The zero-order valence-corrected chi connectivity index (χ0v) is 12.8. The van der Waals surface area contributed by atoms with Crippen LogP contribution in [-0.2, 0) is 0 Å². The molecule has 0 bridgehead atoms. The van der Waals surface area contributed by atoms with Gasteiger partial charge in [-0.2, -0.15) is 0 Å². The average molecular weight is 252 g/mol. The number of hydrogen-bond donors (Lipinski definition) is 1. The van der Waals surface area contributed by atoms with Crippen molar-refractivity contribution in [2.45, 2.75) is 65.5 Å². The number of hydrogen-bond acceptors (Lipinski definition) is 2. The second kappa shape index (κ2) is 6.38. The molecule has 0 aromatic carbocycles. The molecule has 1 saturated carbocycles. The standard InChI is InChI=1S/C16H32N2/c1-5-13(4)16-9-17-15(8-12(2)3)11-18(16)10-14-6-7-14/h12-17H,5-11H2,1-4H3. The first-order valence-electron chi connectivity index (χ1n) is 8.07. The van der Waals surface area contributed by atoms with Gasteiger partial charge in [-0.3, -0.25) is 4.90 Å². The zero-order valence-electron chi connectivity index (χ0n) is 12.8. The maximum Gasteiger partial charge on any atom is 0.0246 e. The van der Waals surface area contributed by atoms with Gasteiger partial charge < -0.3 is 5.32 Å². The fraction of sp³-hybridized carbons (Fsp3) is 1.00. The predicted octanol–water partition coefficient (Wildman–Crippen LogP) is 3.13. The molecule has 1 N–H and O–H groups in total. The van der Waals surface area contributed by atoms with Gasteiger partial charge in [0.25, 0.3) is 0 Å². The Morgan fingerprint density at radius 1 is 1.22 bits per heavy atom. The molecule has 1 aliphatic carbocycles. The maximum atomic E-state index is 3.80. The summed E-state index contributed by atoms with van der Waals surface area (Å²) < 4.78 is 0. The molecule has 0 spiro atoms. The van der Waals surface area contributed by atoms with Crippen LogP contribution in [0.2, 0.25) is 0 Å². The largest absolute Gasteiger partial charge is 0.311 e. The first-order valence-corrected chi connectivity index (χ1v) is 8.07. The molecule has 2 rings (SSSR count). The van der Waals surface area contributed by atoms with Crippen molar-refractivity contribution in [2.75, 3.05) is 19.6 Å². The van der Waals surface area contributed by atoms with Crippen molar-refractivity contribution in [1.82, 2.24) is 10.2 Å². The van der Waals surface area contributed by atoms with E-state index in [0.29, 0.717) is 0 Å². The third-order valence-electron chi connectivity index (χ3n) is 4.79. The summed E-state index contributed by atoms with van der Waals surface area (Å²) >= 11 is 0. The highest BCUT2D eigenvalue weighted by Gasteiger charge is 2.34. The van der Waals surface area contributed by atoms with Crippen LogP contribution in [0.25, 0.3) is 0 Å². The monoisotopic (exact) mass is 252 g/mol. The molecule has 2 nitrogen and oxygen atoms in total. The van der Waals surface area contributed by atoms with Gasteiger partial charge in [-0.05, 0) is 37.0 Å². The Morgan fingerprint density at radius 2 is 1.94 bits per heavy atom. The van der Waals surface area contributed by atoms with Crippen LogP contribution in [0, 0.1) is 17.8 Å². The molecule has 1 saturated heterocycles. The molecule has 0 radical (unpaired) electrons. The van der Waals surface area contributed by atoms with E-state index < -0.39 is 0 Å². The van der Waals surface area contributed by atoms with Crippen molar-refractivity contribution in [1.29, 1.82) is 0 Å². The maximum absolute atomic E-state index is 3.80. The van der Waals surface area contributed by atoms with Crippen LogP contribution in [0.3, 0.4) is 0 Å². The van der Waals surface area contributed by atoms with Crippen LogP contribution in [-0.4, -0.2) is 36.6 Å². The Kier molecular flexibility index (Phi) is 5.08. The highest BCUT2D eigenvalue weighted by molar-refractivity contribution is 4.91. The number of nitrogens with one attached hydrogen (secondary N) is 1. The summed E-state index contributed by atoms with van der Waals surface area (Å²) in [5.41, 5.74) is 0. The molecule has 3 atom stereocenters. The van der Waals surface area contributed by atoms with Crippen molar-refractivity contribution in [2.24, 2.45) is 17.8 Å². The molecule has 0 aromatic heterocycles. The van der Waals surface area contributed by atoms with Crippen LogP contribution >= 0.6 is 0 Å². The van der Waals surface area contributed by atoms with E-state index in [4.69, 9.17) is 0 Å². The van der Waals surface area contributed by atoms with Crippen molar-refractivity contribution < 1.29 is 0 Å². The Hall–Kier alpha value is -0.0800. The van der Waals surface area contributed by atoms with Gasteiger partial charge in [0, 0.05) is 31.7 Å². The Morgan fingerprint density at radius 3 is 2.50 bits per heavy atom. The Labute approximate surface area is 114 Å². The van der Waals surface area contributed by atoms with Crippen molar-refractivity contribution in [3.05, 3.63) is 0 Å². The van der Waals surface area contributed by atoms with Gasteiger partial charge in [-0.1, -0.05) is 34.1 Å². The van der Waals surface area contributed by atoms with Gasteiger partial charge in [0.15, 0.2) is 0 Å². The SMILES string of the molecule is CCC(C)C1CNC(CC(C)C)CN1CC1CC1. The van der Waals surface area contributed by atoms with E-state index >= 15 is 0 Å². The lowest BCUT2D eigenvalue weighted by molar-refractivity contribution is 0.0812. The second-order valence-electron chi connectivity index (χ2n) is 7.08. The van der Waals surface area contributed by atoms with Crippen molar-refractivity contribution in [3.63, 3.8) is 0 Å². The Balaban J connectivity index is 1.91. The minimum atomic E-state index is 0.726. The summed E-state index contributed by atoms with van der Waals surface area (Å²) in [5.74, 6) is 2.66. The normalized spacial score (nSPS) is 31.8. The van der Waals surface area contributed by atoms with Crippen molar-refractivity contribution in [3.8, 4) is 0 Å². The van der Waals surface area contributed by atoms with Crippen LogP contribution in [0.15, 0.2) is 0 Å². The van der Waals surface area contributed by atoms with E-state index in [1.54, 1.807) is 0 Å². The van der Waals surface area contributed by atoms with E-state index in [1.165, 1.54) is 45.3 Å². The smallest absolute Gasteiger partial charge is 0.0246 e. The van der Waals surface area contributed by atoms with Gasteiger partial charge in [0.05, 0.1) is 0 Å². The van der Waals surface area contributed by atoms with E-state index in [1.807, 2.05) is 0 Å². The second-order valence-corrected chi connectivity index (χ2v) is 7.08. The molecule has 2 aliphatic rings. The highest BCUT2D eigenvalue weighted by Crippen LogP contribution is 2.32. The zero-order chi connectivity index (χ0) is 13.1. The minimum Gasteiger partial charge on any atom is -0.311 e. The number of rotatable bonds is 6. The molecule has 1 aliphatic heterocycles. The van der Waals surface area contributed by atoms with E-state index in [2.05, 4.69) is 37.9 Å². The predicted molar refractivity (Wildman–Crippen MR) is 78.8 cm³/mol. The van der Waals surface area contributed by atoms with Crippen LogP contribution in [0.1, 0.15) is 53.4 Å². The minimum absolute atomic E-state index is 0.726. The third-order valence-corrected chi connectivity index (χ3v) is 4.79. The summed E-state index contributed by atoms with van der Waals surface area (Å²) in [6.45, 7) is 13.3. The molecule has 2 fully saturated rings. The average Bonchev–Trinajstić information content (AvgIpc) is 3.11. The first-order chi connectivity index (χ1) is 8.60. The highest BCUT2D eigenvalue weighted by atomic mass is 15.2. The summed E-state index contributed by atoms with van der Waals surface area (Å²) in [6.07, 6.45) is 5.59. The van der Waals surface area contributed by atoms with Crippen LogP contribution < -0.4 is 5.32 Å². The molecule has 18 heavy (non-hydrogen) atoms. The third kappa shape index (κ3) is 3.96. The topological polar surface area (TPSA) is 15.3 Å². The molecule has 106 valence electrons. The summed E-state index contributed by atoms with van der Waals surface area (Å²) in [4.78, 5) is 2.81. The summed E-state index contributed by atoms with van der Waals surface area (Å²) in [7, 11) is 0. The van der Waals surface area contributed by atoms with Gasteiger partial charge in [-0.25, -0.2) is 0 Å². The number of nitrogens with zero attached hydrogens (tertiary/aromatic N) is 1. The van der Waals surface area contributed by atoms with E-state index in [9.17, 15) is 0 Å². The molecule has 2 heteroatoms. The van der Waals surface area contributed by atoms with E-state index in [-0.39, 0.29) is 0 Å². The van der Waals surface area contributed by atoms with E-state index in [0.717, 1.165) is 29.8 Å². The fourth-order valence-corrected chi connectivity index (χ4v) is 3.30. The van der Waals surface area contributed by atoms with Crippen molar-refractivity contribution >= 4 is 0 Å². The molecule has 0 amide bonds. The van der Waals surface area contributed by atoms with Crippen LogP contribution in [0.4, 0.5) is 0 Å². The molecular weight excluding hydrogens is 220 g/mol. The quantitative estimate of drug-likeness (QED) is 0.781. The molecule has 0 aromatic rings. The summed E-state index contributed by atoms with van der Waals surface area (Å²) in [5, 5.41) is 3.80.